The molecule has 0 radical (unpaired) electrons. The van der Waals surface area contributed by atoms with Crippen molar-refractivity contribution in [2.45, 2.75) is 54.9 Å². The lowest BCUT2D eigenvalue weighted by atomic mass is 9.39. The number of anilines is 1. The number of hydrogen-bond acceptors (Lipinski definition) is 5. The zero-order chi connectivity index (χ0) is 17.3. The number of carbonyl (C=O) groups is 1. The van der Waals surface area contributed by atoms with Gasteiger partial charge >= 0.3 is 5.97 Å². The van der Waals surface area contributed by atoms with E-state index in [4.69, 9.17) is 9.47 Å². The van der Waals surface area contributed by atoms with Crippen LogP contribution in [0.25, 0.3) is 0 Å². The third-order valence-electron chi connectivity index (χ3n) is 8.94. The van der Waals surface area contributed by atoms with Crippen molar-refractivity contribution in [2.24, 2.45) is 11.3 Å². The number of epoxide rings is 1. The molecule has 7 aliphatic rings. The van der Waals surface area contributed by atoms with Crippen molar-refractivity contribution < 1.29 is 14.3 Å². The van der Waals surface area contributed by atoms with E-state index in [0.717, 1.165) is 38.8 Å². The predicted molar refractivity (Wildman–Crippen MR) is 94.9 cm³/mol. The molecule has 4 aliphatic heterocycles. The number of fused-ring (bicyclic) bond motifs is 4. The maximum absolute atomic E-state index is 13.0. The Morgan fingerprint density at radius 3 is 3.08 bits per heavy atom. The summed E-state index contributed by atoms with van der Waals surface area (Å²) >= 11 is 0. The van der Waals surface area contributed by atoms with E-state index in [1.165, 1.54) is 11.3 Å². The first-order chi connectivity index (χ1) is 12.7. The van der Waals surface area contributed by atoms with Gasteiger partial charge in [0.05, 0.1) is 30.8 Å². The van der Waals surface area contributed by atoms with Crippen molar-refractivity contribution in [1.29, 1.82) is 0 Å². The van der Waals surface area contributed by atoms with Crippen molar-refractivity contribution in [3.05, 3.63) is 29.8 Å². The minimum absolute atomic E-state index is 0.00979. The van der Waals surface area contributed by atoms with Gasteiger partial charge in [-0.25, -0.2) is 0 Å². The highest BCUT2D eigenvalue weighted by molar-refractivity contribution is 5.81. The fraction of sp³-hybridized carbons (Fsp3) is 0.667. The second-order valence-electron chi connectivity index (χ2n) is 9.37. The number of para-hydroxylation sites is 1. The standard InChI is InChI=1S/C21H24N2O3/c1-25-17(24)13-10-19-6-7-21(13)20(12-4-2-3-5-14(12)22-21)8-9-23(18(19)20)11-15-16(19)26-15/h2-5,13,15-16,18,22H,6-11H2,1H3/t13-,15-,16-,18-,19+,20+,21+/m0/s1. The molecule has 0 aromatic heterocycles. The molecule has 1 N–H and O–H groups in total. The Bertz CT molecular complexity index is 857. The van der Waals surface area contributed by atoms with E-state index in [1.807, 2.05) is 0 Å². The molecule has 3 aliphatic carbocycles. The molecule has 8 rings (SSSR count). The van der Waals surface area contributed by atoms with Crippen LogP contribution < -0.4 is 5.32 Å². The zero-order valence-electron chi connectivity index (χ0n) is 15.0. The molecule has 0 unspecified atom stereocenters. The van der Waals surface area contributed by atoms with E-state index >= 15 is 0 Å². The van der Waals surface area contributed by atoms with E-state index in [1.54, 1.807) is 7.11 Å². The second-order valence-corrected chi connectivity index (χ2v) is 9.37. The first-order valence-electron chi connectivity index (χ1n) is 10.0. The molecule has 4 heterocycles. The molecule has 2 bridgehead atoms. The monoisotopic (exact) mass is 352 g/mol. The van der Waals surface area contributed by atoms with E-state index in [2.05, 4.69) is 34.5 Å². The predicted octanol–water partition coefficient (Wildman–Crippen LogP) is 1.92. The first-order valence-corrected chi connectivity index (χ1v) is 10.0. The van der Waals surface area contributed by atoms with Crippen molar-refractivity contribution in [1.82, 2.24) is 4.90 Å². The van der Waals surface area contributed by atoms with Crippen LogP contribution in [-0.2, 0) is 19.7 Å². The van der Waals surface area contributed by atoms with Crippen LogP contribution >= 0.6 is 0 Å². The van der Waals surface area contributed by atoms with E-state index < -0.39 is 0 Å². The highest BCUT2D eigenvalue weighted by Gasteiger charge is 2.83. The van der Waals surface area contributed by atoms with Crippen LogP contribution in [0.1, 0.15) is 31.2 Å². The van der Waals surface area contributed by atoms with Gasteiger partial charge < -0.3 is 14.8 Å². The lowest BCUT2D eigenvalue weighted by Crippen LogP contribution is -2.78. The van der Waals surface area contributed by atoms with Crippen LogP contribution in [0.3, 0.4) is 0 Å². The van der Waals surface area contributed by atoms with Crippen LogP contribution in [0.2, 0.25) is 0 Å². The summed E-state index contributed by atoms with van der Waals surface area (Å²) in [5.74, 6) is -0.128. The van der Waals surface area contributed by atoms with Crippen LogP contribution in [0.4, 0.5) is 5.69 Å². The Morgan fingerprint density at radius 2 is 2.19 bits per heavy atom. The number of ether oxygens (including phenoxy) is 2. The molecule has 3 saturated heterocycles. The maximum atomic E-state index is 13.0. The van der Waals surface area contributed by atoms with Gasteiger partial charge in [-0.05, 0) is 43.9 Å². The summed E-state index contributed by atoms with van der Waals surface area (Å²) in [6.07, 6.45) is 4.97. The Labute approximate surface area is 153 Å². The number of esters is 1. The Kier molecular flexibility index (Phi) is 2.29. The van der Waals surface area contributed by atoms with Crippen LogP contribution in [0.5, 0.6) is 0 Å². The molecule has 6 fully saturated rings. The SMILES string of the molecule is COC(=O)[C@@H]1C[C@]23CC[C@@]14Nc1ccccc1[C@@]41CCN(C[C@@H]4O[C@@H]42)[C@@H]31. The molecule has 1 aromatic rings. The Balaban J connectivity index is 1.54. The summed E-state index contributed by atoms with van der Waals surface area (Å²) in [6, 6.07) is 9.28. The normalized spacial score (nSPS) is 51.7. The highest BCUT2D eigenvalue weighted by atomic mass is 16.6. The van der Waals surface area contributed by atoms with Gasteiger partial charge in [0.1, 0.15) is 0 Å². The number of piperidine rings is 1. The number of carbonyl (C=O) groups excluding carboxylic acids is 1. The summed E-state index contributed by atoms with van der Waals surface area (Å²) in [7, 11) is 1.55. The first kappa shape index (κ1) is 14.5. The molecule has 3 spiro atoms. The Morgan fingerprint density at radius 1 is 1.31 bits per heavy atom. The number of nitrogens with one attached hydrogen (secondary N) is 1. The minimum atomic E-state index is -0.202. The van der Waals surface area contributed by atoms with Gasteiger partial charge in [-0.3, -0.25) is 9.69 Å². The minimum Gasteiger partial charge on any atom is -0.469 e. The topological polar surface area (TPSA) is 54.1 Å². The maximum Gasteiger partial charge on any atom is 0.311 e. The molecule has 7 atom stereocenters. The van der Waals surface area contributed by atoms with Crippen molar-refractivity contribution in [3.8, 4) is 0 Å². The van der Waals surface area contributed by atoms with E-state index in [-0.39, 0.29) is 28.3 Å². The molecule has 26 heavy (non-hydrogen) atoms. The number of benzene rings is 1. The molecule has 5 heteroatoms. The van der Waals surface area contributed by atoms with Crippen LogP contribution in [0, 0.1) is 11.3 Å². The van der Waals surface area contributed by atoms with Crippen LogP contribution in [-0.4, -0.2) is 54.9 Å². The number of hydrogen-bond donors (Lipinski definition) is 1. The smallest absolute Gasteiger partial charge is 0.311 e. The molecule has 136 valence electrons. The second kappa shape index (κ2) is 4.12. The quantitative estimate of drug-likeness (QED) is 0.618. The Hall–Kier alpha value is -1.59. The highest BCUT2D eigenvalue weighted by Crippen LogP contribution is 2.76. The number of nitrogens with zero attached hydrogens (tertiary/aromatic N) is 1. The van der Waals surface area contributed by atoms with E-state index in [9.17, 15) is 4.79 Å². The van der Waals surface area contributed by atoms with Gasteiger partial charge in [0.2, 0.25) is 0 Å². The molecular weight excluding hydrogens is 328 g/mol. The molecule has 5 nitrogen and oxygen atoms in total. The van der Waals surface area contributed by atoms with Gasteiger partial charge in [0.15, 0.2) is 0 Å². The van der Waals surface area contributed by atoms with Gasteiger partial charge in [-0.15, -0.1) is 0 Å². The third-order valence-corrected chi connectivity index (χ3v) is 8.94. The largest absolute Gasteiger partial charge is 0.469 e. The average molecular weight is 352 g/mol. The summed E-state index contributed by atoms with van der Waals surface area (Å²) in [4.78, 5) is 15.7. The number of rotatable bonds is 1. The lowest BCUT2D eigenvalue weighted by Gasteiger charge is -2.68. The van der Waals surface area contributed by atoms with Crippen LogP contribution in [0.15, 0.2) is 24.3 Å². The lowest BCUT2D eigenvalue weighted by molar-refractivity contribution is -0.170. The van der Waals surface area contributed by atoms with E-state index in [0.29, 0.717) is 18.2 Å². The van der Waals surface area contributed by atoms with Gasteiger partial charge in [-0.1, -0.05) is 18.2 Å². The average Bonchev–Trinajstić information content (AvgIpc) is 3.26. The van der Waals surface area contributed by atoms with Crippen molar-refractivity contribution >= 4 is 11.7 Å². The third kappa shape index (κ3) is 1.23. The molecular formula is C21H24N2O3. The van der Waals surface area contributed by atoms with Gasteiger partial charge in [-0.2, -0.15) is 0 Å². The summed E-state index contributed by atoms with van der Waals surface area (Å²) in [5.41, 5.74) is 2.59. The van der Waals surface area contributed by atoms with Gasteiger partial charge in [0.25, 0.3) is 0 Å². The molecule has 3 saturated carbocycles. The number of methoxy groups -OCH3 is 1. The fourth-order valence-corrected chi connectivity index (χ4v) is 8.32. The van der Waals surface area contributed by atoms with Crippen molar-refractivity contribution in [2.75, 3.05) is 25.5 Å². The van der Waals surface area contributed by atoms with Gasteiger partial charge in [0, 0.05) is 29.1 Å². The summed E-state index contributed by atoms with van der Waals surface area (Å²) < 4.78 is 11.5. The zero-order valence-corrected chi connectivity index (χ0v) is 15.0. The van der Waals surface area contributed by atoms with Crippen molar-refractivity contribution in [3.63, 3.8) is 0 Å². The summed E-state index contributed by atoms with van der Waals surface area (Å²) in [5, 5.41) is 3.91. The molecule has 0 amide bonds. The molecule has 1 aromatic carbocycles. The summed E-state index contributed by atoms with van der Waals surface area (Å²) in [6.45, 7) is 2.19. The fourth-order valence-electron chi connectivity index (χ4n) is 8.32.